The minimum Gasteiger partial charge on any atom is -0.483 e. The summed E-state index contributed by atoms with van der Waals surface area (Å²) < 4.78 is 17.4. The van der Waals surface area contributed by atoms with Gasteiger partial charge in [0.25, 0.3) is 0 Å². The number of fused-ring (bicyclic) bond motifs is 3. The van der Waals surface area contributed by atoms with Crippen LogP contribution < -0.4 is 10.4 Å². The monoisotopic (exact) mass is 359 g/mol. The fourth-order valence-corrected chi connectivity index (χ4v) is 3.75. The lowest BCUT2D eigenvalue weighted by Gasteiger charge is -2.47. The molecule has 26 heavy (non-hydrogen) atoms. The second kappa shape index (κ2) is 6.76. The van der Waals surface area contributed by atoms with Gasteiger partial charge in [-0.25, -0.2) is 4.79 Å². The molecule has 1 aliphatic heterocycles. The standard InChI is InChI=1S/C20H25NO5/c1-6-21(7-2)17-16-14(26-20(4,5)19(17)24-12(3)22)10-8-13-9-11-15(23)25-18(13)16/h8-11,17,19H,6-7H2,1-5H3. The van der Waals surface area contributed by atoms with Gasteiger partial charge in [-0.15, -0.1) is 0 Å². The van der Waals surface area contributed by atoms with Crippen LogP contribution in [0.3, 0.4) is 0 Å². The van der Waals surface area contributed by atoms with E-state index in [4.69, 9.17) is 13.9 Å². The summed E-state index contributed by atoms with van der Waals surface area (Å²) in [6.07, 6.45) is -0.538. The Morgan fingerprint density at radius 2 is 1.85 bits per heavy atom. The van der Waals surface area contributed by atoms with Gasteiger partial charge in [0.15, 0.2) is 6.10 Å². The Labute approximate surface area is 152 Å². The van der Waals surface area contributed by atoms with Crippen LogP contribution in [-0.4, -0.2) is 35.7 Å². The first-order valence-electron chi connectivity index (χ1n) is 8.95. The van der Waals surface area contributed by atoms with E-state index in [0.717, 1.165) is 24.0 Å². The SMILES string of the molecule is CCN(CC)C1c2c(ccc3ccc(=O)oc23)OC(C)(C)C1OC(C)=O. The highest BCUT2D eigenvalue weighted by Gasteiger charge is 2.49. The maximum Gasteiger partial charge on any atom is 0.336 e. The zero-order valence-corrected chi connectivity index (χ0v) is 15.9. The minimum absolute atomic E-state index is 0.276. The summed E-state index contributed by atoms with van der Waals surface area (Å²) in [4.78, 5) is 25.9. The molecular formula is C20H25NO5. The summed E-state index contributed by atoms with van der Waals surface area (Å²) in [5, 5.41) is 0.811. The molecule has 2 aromatic rings. The van der Waals surface area contributed by atoms with Gasteiger partial charge in [-0.1, -0.05) is 13.8 Å². The summed E-state index contributed by atoms with van der Waals surface area (Å²) in [5.41, 5.74) is 0.0985. The maximum atomic E-state index is 11.9. The molecule has 0 fully saturated rings. The first-order chi connectivity index (χ1) is 12.3. The number of rotatable bonds is 4. The van der Waals surface area contributed by atoms with Crippen molar-refractivity contribution in [2.75, 3.05) is 13.1 Å². The Hall–Kier alpha value is -2.34. The molecule has 1 aliphatic rings. The minimum atomic E-state index is -0.728. The highest BCUT2D eigenvalue weighted by Crippen LogP contribution is 2.47. The van der Waals surface area contributed by atoms with Crippen molar-refractivity contribution in [3.05, 3.63) is 40.2 Å². The van der Waals surface area contributed by atoms with Gasteiger partial charge in [0, 0.05) is 18.4 Å². The van der Waals surface area contributed by atoms with Gasteiger partial charge < -0.3 is 13.9 Å². The largest absolute Gasteiger partial charge is 0.483 e. The van der Waals surface area contributed by atoms with Crippen LogP contribution in [0, 0.1) is 0 Å². The first kappa shape index (κ1) is 18.5. The summed E-state index contributed by atoms with van der Waals surface area (Å²) in [6, 6.07) is 6.62. The molecule has 0 saturated heterocycles. The van der Waals surface area contributed by atoms with Crippen LogP contribution in [0.4, 0.5) is 0 Å². The number of benzene rings is 1. The third-order valence-electron chi connectivity index (χ3n) is 4.93. The predicted octanol–water partition coefficient (Wildman–Crippen LogP) is 3.28. The van der Waals surface area contributed by atoms with Crippen molar-refractivity contribution >= 4 is 16.9 Å². The van der Waals surface area contributed by atoms with E-state index < -0.39 is 17.3 Å². The molecule has 3 rings (SSSR count). The molecule has 0 amide bonds. The lowest BCUT2D eigenvalue weighted by Crippen LogP contribution is -2.55. The predicted molar refractivity (Wildman–Crippen MR) is 98.4 cm³/mol. The average molecular weight is 359 g/mol. The molecule has 0 aliphatic carbocycles. The van der Waals surface area contributed by atoms with Crippen LogP contribution in [0.2, 0.25) is 0 Å². The molecule has 2 heterocycles. The van der Waals surface area contributed by atoms with Crippen molar-refractivity contribution < 1.29 is 18.7 Å². The number of hydrogen-bond acceptors (Lipinski definition) is 6. The number of nitrogens with zero attached hydrogens (tertiary/aromatic N) is 1. The Morgan fingerprint density at radius 1 is 1.19 bits per heavy atom. The van der Waals surface area contributed by atoms with Crippen LogP contribution in [-0.2, 0) is 9.53 Å². The molecule has 0 saturated carbocycles. The van der Waals surface area contributed by atoms with Gasteiger partial charge in [0.2, 0.25) is 0 Å². The number of hydrogen-bond donors (Lipinski definition) is 0. The summed E-state index contributed by atoms with van der Waals surface area (Å²) in [7, 11) is 0. The molecule has 6 heteroatoms. The van der Waals surface area contributed by atoms with Gasteiger partial charge >= 0.3 is 11.6 Å². The Balaban J connectivity index is 2.32. The quantitative estimate of drug-likeness (QED) is 0.616. The lowest BCUT2D eigenvalue weighted by molar-refractivity contribution is -0.168. The van der Waals surface area contributed by atoms with Crippen molar-refractivity contribution in [3.63, 3.8) is 0 Å². The highest BCUT2D eigenvalue weighted by molar-refractivity contribution is 5.83. The van der Waals surface area contributed by atoms with Crippen molar-refractivity contribution in [1.29, 1.82) is 0 Å². The number of ether oxygens (including phenoxy) is 2. The van der Waals surface area contributed by atoms with Crippen molar-refractivity contribution in [3.8, 4) is 5.75 Å². The topological polar surface area (TPSA) is 69.0 Å². The van der Waals surface area contributed by atoms with Crippen LogP contribution in [0.5, 0.6) is 5.75 Å². The molecule has 1 aromatic carbocycles. The fraction of sp³-hybridized carbons (Fsp3) is 0.500. The van der Waals surface area contributed by atoms with Crippen molar-refractivity contribution in [1.82, 2.24) is 4.90 Å². The highest BCUT2D eigenvalue weighted by atomic mass is 16.6. The number of carbonyl (C=O) groups is 1. The second-order valence-corrected chi connectivity index (χ2v) is 7.05. The third kappa shape index (κ3) is 3.09. The Kier molecular flexibility index (Phi) is 4.80. The van der Waals surface area contributed by atoms with Crippen LogP contribution in [0.1, 0.15) is 46.2 Å². The van der Waals surface area contributed by atoms with Crippen molar-refractivity contribution in [2.24, 2.45) is 0 Å². The first-order valence-corrected chi connectivity index (χ1v) is 8.95. The maximum absolute atomic E-state index is 11.9. The third-order valence-corrected chi connectivity index (χ3v) is 4.93. The van der Waals surface area contributed by atoms with Gasteiger partial charge in [-0.2, -0.15) is 0 Å². The molecule has 2 atom stereocenters. The number of carbonyl (C=O) groups excluding carboxylic acids is 1. The van der Waals surface area contributed by atoms with E-state index in [1.807, 2.05) is 26.0 Å². The summed E-state index contributed by atoms with van der Waals surface area (Å²) in [6.45, 7) is 10.8. The van der Waals surface area contributed by atoms with E-state index in [-0.39, 0.29) is 12.0 Å². The second-order valence-electron chi connectivity index (χ2n) is 7.05. The molecule has 0 radical (unpaired) electrons. The number of esters is 1. The molecular weight excluding hydrogens is 334 g/mol. The number of likely N-dealkylation sites (N-methyl/N-ethyl adjacent to an activating group) is 1. The zero-order chi connectivity index (χ0) is 19.1. The van der Waals surface area contributed by atoms with Crippen LogP contribution in [0.15, 0.2) is 33.5 Å². The molecule has 1 aromatic heterocycles. The molecule has 6 nitrogen and oxygen atoms in total. The van der Waals surface area contributed by atoms with E-state index >= 15 is 0 Å². The molecule has 140 valence electrons. The van der Waals surface area contributed by atoms with E-state index in [9.17, 15) is 9.59 Å². The summed E-state index contributed by atoms with van der Waals surface area (Å²) in [5.74, 6) is 0.283. The molecule has 0 spiro atoms. The Bertz CT molecular complexity index is 881. The summed E-state index contributed by atoms with van der Waals surface area (Å²) >= 11 is 0. The van der Waals surface area contributed by atoms with Gasteiger partial charge in [0.05, 0.1) is 11.6 Å². The van der Waals surface area contributed by atoms with E-state index in [0.29, 0.717) is 11.3 Å². The van der Waals surface area contributed by atoms with Crippen molar-refractivity contribution in [2.45, 2.75) is 52.4 Å². The van der Waals surface area contributed by atoms with Crippen LogP contribution >= 0.6 is 0 Å². The normalized spacial score (nSPS) is 21.3. The van der Waals surface area contributed by atoms with E-state index in [1.54, 1.807) is 6.07 Å². The van der Waals surface area contributed by atoms with Gasteiger partial charge in [-0.05, 0) is 45.1 Å². The van der Waals surface area contributed by atoms with E-state index in [2.05, 4.69) is 18.7 Å². The molecule has 2 unspecified atom stereocenters. The van der Waals surface area contributed by atoms with E-state index in [1.165, 1.54) is 13.0 Å². The lowest BCUT2D eigenvalue weighted by atomic mass is 9.84. The van der Waals surface area contributed by atoms with Gasteiger partial charge in [-0.3, -0.25) is 9.69 Å². The molecule has 0 bridgehead atoms. The van der Waals surface area contributed by atoms with Crippen LogP contribution in [0.25, 0.3) is 11.0 Å². The Morgan fingerprint density at radius 3 is 2.46 bits per heavy atom. The fourth-order valence-electron chi connectivity index (χ4n) is 3.75. The van der Waals surface area contributed by atoms with Gasteiger partial charge in [0.1, 0.15) is 16.9 Å². The zero-order valence-electron chi connectivity index (χ0n) is 15.9. The molecule has 0 N–H and O–H groups in total. The average Bonchev–Trinajstić information content (AvgIpc) is 2.57. The smallest absolute Gasteiger partial charge is 0.336 e.